The first kappa shape index (κ1) is 21.7. The molecule has 0 bridgehead atoms. The van der Waals surface area contributed by atoms with Crippen LogP contribution in [-0.2, 0) is 37.3 Å². The highest BCUT2D eigenvalue weighted by Gasteiger charge is 2.26. The molecule has 164 valence electrons. The van der Waals surface area contributed by atoms with Crippen LogP contribution in [0.25, 0.3) is 10.8 Å². The monoisotopic (exact) mass is 462 g/mol. The standard InChI is InChI=1S/C21H22N2O6S2/c1-15-18(22-21(29-15)19-6-3-11-30-19)13-20(24)28-14-16-4-2-5-17(12-16)31(25,26)23-7-9-27-10-8-23/h2-6,11-12H,7-10,13-14H2,1H3. The number of sulfonamides is 1. The van der Waals surface area contributed by atoms with E-state index in [1.54, 1.807) is 25.1 Å². The number of morpholine rings is 1. The molecule has 0 N–H and O–H groups in total. The number of aryl methyl sites for hydroxylation is 1. The van der Waals surface area contributed by atoms with Gasteiger partial charge >= 0.3 is 5.97 Å². The van der Waals surface area contributed by atoms with E-state index >= 15 is 0 Å². The summed E-state index contributed by atoms with van der Waals surface area (Å²) in [6, 6.07) is 10.2. The Morgan fingerprint density at radius 1 is 1.23 bits per heavy atom. The number of nitrogens with zero attached hydrogens (tertiary/aromatic N) is 2. The Kier molecular flexibility index (Phi) is 6.51. The number of thiophene rings is 1. The first-order valence-electron chi connectivity index (χ1n) is 9.76. The fraction of sp³-hybridized carbons (Fsp3) is 0.333. The Morgan fingerprint density at radius 3 is 2.77 bits per heavy atom. The van der Waals surface area contributed by atoms with Gasteiger partial charge in [0, 0.05) is 13.1 Å². The molecule has 0 unspecified atom stereocenters. The molecule has 3 aromatic rings. The molecule has 31 heavy (non-hydrogen) atoms. The normalized spacial score (nSPS) is 15.1. The average molecular weight is 463 g/mol. The molecule has 1 saturated heterocycles. The van der Waals surface area contributed by atoms with Crippen LogP contribution < -0.4 is 0 Å². The van der Waals surface area contributed by atoms with Crippen LogP contribution in [0.4, 0.5) is 0 Å². The van der Waals surface area contributed by atoms with Crippen LogP contribution in [0.1, 0.15) is 17.0 Å². The van der Waals surface area contributed by atoms with E-state index in [1.165, 1.54) is 21.7 Å². The predicted octanol–water partition coefficient (Wildman–Crippen LogP) is 3.02. The van der Waals surface area contributed by atoms with Crippen molar-refractivity contribution in [2.24, 2.45) is 0 Å². The number of aromatic nitrogens is 1. The van der Waals surface area contributed by atoms with Crippen molar-refractivity contribution in [3.8, 4) is 10.8 Å². The van der Waals surface area contributed by atoms with Gasteiger partial charge in [0.05, 0.1) is 35.1 Å². The van der Waals surface area contributed by atoms with Crippen molar-refractivity contribution >= 4 is 27.3 Å². The number of carbonyl (C=O) groups excluding carboxylic acids is 1. The Hall–Kier alpha value is -2.53. The van der Waals surface area contributed by atoms with E-state index in [4.69, 9.17) is 13.9 Å². The fourth-order valence-corrected chi connectivity index (χ4v) is 5.31. The van der Waals surface area contributed by atoms with Gasteiger partial charge in [-0.2, -0.15) is 4.31 Å². The topological polar surface area (TPSA) is 98.9 Å². The number of benzene rings is 1. The second-order valence-corrected chi connectivity index (χ2v) is 9.89. The summed E-state index contributed by atoms with van der Waals surface area (Å²) in [5, 5.41) is 1.93. The zero-order valence-electron chi connectivity index (χ0n) is 16.9. The van der Waals surface area contributed by atoms with Gasteiger partial charge < -0.3 is 13.9 Å². The van der Waals surface area contributed by atoms with Crippen LogP contribution >= 0.6 is 11.3 Å². The molecule has 0 saturated carbocycles. The highest BCUT2D eigenvalue weighted by Crippen LogP contribution is 2.26. The van der Waals surface area contributed by atoms with Crippen LogP contribution in [0, 0.1) is 6.92 Å². The van der Waals surface area contributed by atoms with E-state index in [2.05, 4.69) is 4.98 Å². The molecule has 1 aliphatic heterocycles. The zero-order valence-corrected chi connectivity index (χ0v) is 18.6. The Labute approximate surface area is 184 Å². The van der Waals surface area contributed by atoms with Gasteiger partial charge in [-0.1, -0.05) is 18.2 Å². The number of ether oxygens (including phenoxy) is 2. The zero-order chi connectivity index (χ0) is 21.8. The number of hydrogen-bond acceptors (Lipinski definition) is 8. The first-order chi connectivity index (χ1) is 14.9. The maximum absolute atomic E-state index is 12.8. The maximum atomic E-state index is 12.8. The fourth-order valence-electron chi connectivity index (χ4n) is 3.18. The van der Waals surface area contributed by atoms with Gasteiger partial charge in [-0.05, 0) is 36.1 Å². The van der Waals surface area contributed by atoms with Crippen molar-refractivity contribution in [1.82, 2.24) is 9.29 Å². The van der Waals surface area contributed by atoms with Gasteiger partial charge in [0.2, 0.25) is 15.9 Å². The quantitative estimate of drug-likeness (QED) is 0.498. The van der Waals surface area contributed by atoms with Crippen molar-refractivity contribution in [3.05, 3.63) is 58.8 Å². The van der Waals surface area contributed by atoms with Crippen LogP contribution in [0.5, 0.6) is 0 Å². The molecule has 0 atom stereocenters. The molecule has 2 aromatic heterocycles. The number of hydrogen-bond donors (Lipinski definition) is 0. The minimum absolute atomic E-state index is 0.0214. The second-order valence-electron chi connectivity index (χ2n) is 7.00. The summed E-state index contributed by atoms with van der Waals surface area (Å²) < 4.78 is 43.2. The summed E-state index contributed by atoms with van der Waals surface area (Å²) in [6.07, 6.45) is -0.0214. The molecule has 1 fully saturated rings. The SMILES string of the molecule is Cc1oc(-c2cccs2)nc1CC(=O)OCc1cccc(S(=O)(=O)N2CCOCC2)c1. The van der Waals surface area contributed by atoms with Gasteiger partial charge in [-0.25, -0.2) is 13.4 Å². The van der Waals surface area contributed by atoms with Crippen LogP contribution in [0.3, 0.4) is 0 Å². The third kappa shape index (κ3) is 5.04. The third-order valence-corrected chi connectivity index (χ3v) is 7.59. The molecule has 8 nitrogen and oxygen atoms in total. The summed E-state index contributed by atoms with van der Waals surface area (Å²) in [5.74, 6) is 0.589. The summed E-state index contributed by atoms with van der Waals surface area (Å²) in [6.45, 7) is 3.14. The molecule has 0 amide bonds. The molecule has 1 aromatic carbocycles. The van der Waals surface area contributed by atoms with Crippen molar-refractivity contribution in [1.29, 1.82) is 0 Å². The van der Waals surface area contributed by atoms with Crippen molar-refractivity contribution in [3.63, 3.8) is 0 Å². The first-order valence-corrected chi connectivity index (χ1v) is 12.1. The molecule has 3 heterocycles. The largest absolute Gasteiger partial charge is 0.461 e. The summed E-state index contributed by atoms with van der Waals surface area (Å²) in [7, 11) is -3.60. The average Bonchev–Trinajstić information content (AvgIpc) is 3.43. The van der Waals surface area contributed by atoms with Gasteiger partial charge in [-0.15, -0.1) is 11.3 Å². The van der Waals surface area contributed by atoms with Crippen molar-refractivity contribution in [2.45, 2.75) is 24.8 Å². The molecule has 0 spiro atoms. The predicted molar refractivity (Wildman–Crippen MR) is 114 cm³/mol. The van der Waals surface area contributed by atoms with E-state index in [1.807, 2.05) is 17.5 Å². The van der Waals surface area contributed by atoms with Crippen LogP contribution in [-0.4, -0.2) is 50.0 Å². The number of oxazole rings is 1. The van der Waals surface area contributed by atoms with Crippen molar-refractivity contribution < 1.29 is 27.1 Å². The molecular formula is C21H22N2O6S2. The summed E-state index contributed by atoms with van der Waals surface area (Å²) >= 11 is 1.51. The van der Waals surface area contributed by atoms with Gasteiger partial charge in [0.15, 0.2) is 0 Å². The summed E-state index contributed by atoms with van der Waals surface area (Å²) in [4.78, 5) is 17.8. The smallest absolute Gasteiger partial charge is 0.312 e. The molecular weight excluding hydrogens is 440 g/mol. The molecule has 0 aliphatic carbocycles. The van der Waals surface area contributed by atoms with E-state index in [0.717, 1.165) is 4.88 Å². The van der Waals surface area contributed by atoms with E-state index < -0.39 is 16.0 Å². The van der Waals surface area contributed by atoms with Crippen LogP contribution in [0.15, 0.2) is 51.1 Å². The highest BCUT2D eigenvalue weighted by atomic mass is 32.2. The minimum atomic E-state index is -3.60. The van der Waals surface area contributed by atoms with Gasteiger partial charge in [-0.3, -0.25) is 4.79 Å². The Morgan fingerprint density at radius 2 is 2.03 bits per heavy atom. The molecule has 10 heteroatoms. The maximum Gasteiger partial charge on any atom is 0.312 e. The summed E-state index contributed by atoms with van der Waals surface area (Å²) in [5.41, 5.74) is 1.12. The Balaban J connectivity index is 1.38. The van der Waals surface area contributed by atoms with Gasteiger partial charge in [0.1, 0.15) is 12.4 Å². The lowest BCUT2D eigenvalue weighted by molar-refractivity contribution is -0.144. The Bertz CT molecular complexity index is 1150. The van der Waals surface area contributed by atoms with E-state index in [-0.39, 0.29) is 17.9 Å². The van der Waals surface area contributed by atoms with E-state index in [0.29, 0.717) is 49.2 Å². The highest BCUT2D eigenvalue weighted by molar-refractivity contribution is 7.89. The lowest BCUT2D eigenvalue weighted by Gasteiger charge is -2.26. The number of carbonyl (C=O) groups is 1. The number of esters is 1. The minimum Gasteiger partial charge on any atom is -0.461 e. The third-order valence-electron chi connectivity index (χ3n) is 4.84. The second kappa shape index (κ2) is 9.31. The van der Waals surface area contributed by atoms with E-state index in [9.17, 15) is 13.2 Å². The lowest BCUT2D eigenvalue weighted by atomic mass is 10.2. The lowest BCUT2D eigenvalue weighted by Crippen LogP contribution is -2.40. The molecule has 4 rings (SSSR count). The number of rotatable bonds is 7. The van der Waals surface area contributed by atoms with Crippen LogP contribution in [0.2, 0.25) is 0 Å². The van der Waals surface area contributed by atoms with Gasteiger partial charge in [0.25, 0.3) is 0 Å². The van der Waals surface area contributed by atoms with Crippen molar-refractivity contribution in [2.75, 3.05) is 26.3 Å². The molecule has 1 aliphatic rings. The molecule has 0 radical (unpaired) electrons.